The molecule has 0 atom stereocenters. The third kappa shape index (κ3) is 4.78. The Balaban J connectivity index is 1.28. The van der Waals surface area contributed by atoms with Gasteiger partial charge in [-0.25, -0.2) is 9.59 Å². The van der Waals surface area contributed by atoms with Gasteiger partial charge < -0.3 is 9.40 Å². The van der Waals surface area contributed by atoms with Crippen LogP contribution in [0.15, 0.2) is 49.4 Å². The zero-order valence-corrected chi connectivity index (χ0v) is 20.5. The first-order valence-corrected chi connectivity index (χ1v) is 12.3. The Labute approximate surface area is 209 Å². The Morgan fingerprint density at radius 2 is 1.86 bits per heavy atom. The van der Waals surface area contributed by atoms with Crippen molar-refractivity contribution in [1.82, 2.24) is 33.9 Å². The average molecular weight is 512 g/mol. The van der Waals surface area contributed by atoms with Crippen LogP contribution in [0.4, 0.5) is 0 Å². The maximum absolute atomic E-state index is 13.1. The average Bonchev–Trinajstić information content (AvgIpc) is 3.56. The number of imidazole rings is 1. The summed E-state index contributed by atoms with van der Waals surface area (Å²) in [5.41, 5.74) is 2.87. The molecule has 0 amide bonds. The molecule has 12 heteroatoms. The highest BCUT2D eigenvalue weighted by atomic mass is 35.5. The van der Waals surface area contributed by atoms with Crippen LogP contribution in [0, 0.1) is 0 Å². The second kappa shape index (κ2) is 10.0. The number of nitrogens with one attached hydrogen (secondary N) is 2. The van der Waals surface area contributed by atoms with E-state index in [2.05, 4.69) is 27.0 Å². The molecular formula is C24H26ClN7O4. The number of aryl methyl sites for hydroxylation is 2. The first-order valence-electron chi connectivity index (χ1n) is 11.9. The van der Waals surface area contributed by atoms with Crippen LogP contribution in [0.2, 0.25) is 5.28 Å². The summed E-state index contributed by atoms with van der Waals surface area (Å²) >= 11 is 6.01. The highest BCUT2D eigenvalue weighted by Gasteiger charge is 2.16. The second-order valence-electron chi connectivity index (χ2n) is 8.82. The number of oxazole rings is 1. The van der Waals surface area contributed by atoms with Gasteiger partial charge in [0.15, 0.2) is 16.7 Å². The van der Waals surface area contributed by atoms with Crippen LogP contribution >= 0.6 is 11.6 Å². The fraction of sp³-hybridized carbons (Fsp3) is 0.375. The largest absolute Gasteiger partial charge is 0.417 e. The first-order chi connectivity index (χ1) is 17.4. The van der Waals surface area contributed by atoms with E-state index in [4.69, 9.17) is 16.0 Å². The summed E-state index contributed by atoms with van der Waals surface area (Å²) in [6.07, 6.45) is 7.75. The molecule has 36 heavy (non-hydrogen) atoms. The maximum atomic E-state index is 13.1. The SMILES string of the molecule is CCCCCn1c(=O)n(CCCc2cnn(Cc3ccc4[nH]c(=O)oc4c3)c2)c(=O)c2[nH]c(Cl)nc21. The van der Waals surface area contributed by atoms with Crippen LogP contribution in [0.5, 0.6) is 0 Å². The Kier molecular flexibility index (Phi) is 6.64. The molecule has 0 aliphatic carbocycles. The molecule has 4 aromatic heterocycles. The molecule has 11 nitrogen and oxygen atoms in total. The molecule has 1 aromatic carbocycles. The quantitative estimate of drug-likeness (QED) is 0.218. The number of hydrogen-bond acceptors (Lipinski definition) is 6. The standard InChI is InChI=1S/C24H26ClN7O4/c1-2-3-4-9-31-20-19(28-22(25)29-20)21(33)32(24(31)35)10-5-6-16-12-26-30(14-16)13-15-7-8-17-18(11-15)36-23(34)27-17/h7-8,11-12,14H,2-6,9-10,13H2,1H3,(H,27,34)(H,28,29). The molecule has 5 rings (SSSR count). The van der Waals surface area contributed by atoms with Gasteiger partial charge in [-0.15, -0.1) is 0 Å². The van der Waals surface area contributed by atoms with Gasteiger partial charge in [0.05, 0.1) is 18.3 Å². The minimum absolute atomic E-state index is 0.0914. The minimum atomic E-state index is -0.481. The fourth-order valence-corrected chi connectivity index (χ4v) is 4.57. The molecule has 0 saturated carbocycles. The summed E-state index contributed by atoms with van der Waals surface area (Å²) in [5, 5.41) is 4.50. The highest BCUT2D eigenvalue weighted by Crippen LogP contribution is 2.14. The van der Waals surface area contributed by atoms with E-state index in [1.807, 2.05) is 18.3 Å². The summed E-state index contributed by atoms with van der Waals surface area (Å²) in [4.78, 5) is 47.0. The summed E-state index contributed by atoms with van der Waals surface area (Å²) < 4.78 is 9.71. The number of nitrogens with zero attached hydrogens (tertiary/aromatic N) is 5. The molecule has 0 radical (unpaired) electrons. The Hall–Kier alpha value is -3.86. The minimum Gasteiger partial charge on any atom is -0.408 e. The number of rotatable bonds is 10. The number of H-pyrrole nitrogens is 2. The van der Waals surface area contributed by atoms with Crippen molar-refractivity contribution in [2.75, 3.05) is 0 Å². The predicted octanol–water partition coefficient (Wildman–Crippen LogP) is 3.04. The van der Waals surface area contributed by atoms with Crippen LogP contribution < -0.4 is 17.0 Å². The second-order valence-corrected chi connectivity index (χ2v) is 9.18. The summed E-state index contributed by atoms with van der Waals surface area (Å²) in [6, 6.07) is 5.52. The lowest BCUT2D eigenvalue weighted by atomic mass is 10.2. The van der Waals surface area contributed by atoms with Gasteiger partial charge in [-0.1, -0.05) is 25.8 Å². The van der Waals surface area contributed by atoms with Crippen LogP contribution in [0.3, 0.4) is 0 Å². The molecule has 0 unspecified atom stereocenters. The van der Waals surface area contributed by atoms with Crippen LogP contribution in [0.1, 0.15) is 43.7 Å². The van der Waals surface area contributed by atoms with Gasteiger partial charge in [-0.3, -0.25) is 23.6 Å². The third-order valence-electron chi connectivity index (χ3n) is 6.18. The van der Waals surface area contributed by atoms with Gasteiger partial charge in [0.1, 0.15) is 0 Å². The van der Waals surface area contributed by atoms with E-state index in [0.29, 0.717) is 42.7 Å². The van der Waals surface area contributed by atoms with Crippen molar-refractivity contribution in [3.05, 3.63) is 78.4 Å². The van der Waals surface area contributed by atoms with Gasteiger partial charge in [0.25, 0.3) is 5.56 Å². The molecule has 188 valence electrons. The van der Waals surface area contributed by atoms with E-state index in [-0.39, 0.29) is 23.0 Å². The molecule has 0 spiro atoms. The normalized spacial score (nSPS) is 11.7. The maximum Gasteiger partial charge on any atom is 0.417 e. The summed E-state index contributed by atoms with van der Waals surface area (Å²) in [6.45, 7) is 3.36. The molecule has 0 saturated heterocycles. The molecule has 4 heterocycles. The van der Waals surface area contributed by atoms with Gasteiger partial charge >= 0.3 is 11.4 Å². The third-order valence-corrected chi connectivity index (χ3v) is 6.36. The van der Waals surface area contributed by atoms with E-state index in [9.17, 15) is 14.4 Å². The first kappa shape index (κ1) is 23.9. The molecule has 2 N–H and O–H groups in total. The van der Waals surface area contributed by atoms with Crippen molar-refractivity contribution in [2.24, 2.45) is 0 Å². The van der Waals surface area contributed by atoms with E-state index in [1.54, 1.807) is 16.9 Å². The highest BCUT2D eigenvalue weighted by molar-refractivity contribution is 6.28. The van der Waals surface area contributed by atoms with Gasteiger partial charge in [0, 0.05) is 19.3 Å². The Morgan fingerprint density at radius 3 is 2.69 bits per heavy atom. The van der Waals surface area contributed by atoms with E-state index >= 15 is 0 Å². The molecule has 0 aliphatic rings. The zero-order chi connectivity index (χ0) is 25.2. The van der Waals surface area contributed by atoms with Gasteiger partial charge in [-0.05, 0) is 54.1 Å². The van der Waals surface area contributed by atoms with Crippen LogP contribution in [-0.2, 0) is 26.1 Å². The smallest absolute Gasteiger partial charge is 0.408 e. The van der Waals surface area contributed by atoms with Crippen molar-refractivity contribution in [3.63, 3.8) is 0 Å². The number of benzene rings is 1. The number of halogens is 1. The lowest BCUT2D eigenvalue weighted by Gasteiger charge is -2.11. The van der Waals surface area contributed by atoms with Gasteiger partial charge in [-0.2, -0.15) is 10.1 Å². The van der Waals surface area contributed by atoms with Crippen LogP contribution in [-0.4, -0.2) is 33.9 Å². The fourth-order valence-electron chi connectivity index (χ4n) is 4.40. The van der Waals surface area contributed by atoms with Crippen molar-refractivity contribution < 1.29 is 4.42 Å². The summed E-state index contributed by atoms with van der Waals surface area (Å²) in [5.74, 6) is -0.481. The topological polar surface area (TPSA) is 136 Å². The number of unbranched alkanes of at least 4 members (excludes halogenated alkanes) is 2. The van der Waals surface area contributed by atoms with Gasteiger partial charge in [0.2, 0.25) is 5.28 Å². The van der Waals surface area contributed by atoms with E-state index in [1.165, 1.54) is 9.13 Å². The zero-order valence-electron chi connectivity index (χ0n) is 19.8. The van der Waals surface area contributed by atoms with E-state index < -0.39 is 11.3 Å². The monoisotopic (exact) mass is 511 g/mol. The number of fused-ring (bicyclic) bond motifs is 2. The number of aromatic nitrogens is 7. The Morgan fingerprint density at radius 1 is 1.03 bits per heavy atom. The lowest BCUT2D eigenvalue weighted by molar-refractivity contribution is 0.526. The predicted molar refractivity (Wildman–Crippen MR) is 136 cm³/mol. The molecule has 0 aliphatic heterocycles. The van der Waals surface area contributed by atoms with Crippen LogP contribution in [0.25, 0.3) is 22.3 Å². The summed E-state index contributed by atoms with van der Waals surface area (Å²) in [7, 11) is 0. The van der Waals surface area contributed by atoms with Crippen molar-refractivity contribution in [3.8, 4) is 0 Å². The number of aromatic amines is 2. The van der Waals surface area contributed by atoms with Crippen molar-refractivity contribution in [2.45, 2.75) is 58.7 Å². The van der Waals surface area contributed by atoms with Crippen molar-refractivity contribution >= 4 is 33.9 Å². The lowest BCUT2D eigenvalue weighted by Crippen LogP contribution is -2.40. The molecule has 0 bridgehead atoms. The van der Waals surface area contributed by atoms with Crippen molar-refractivity contribution in [1.29, 1.82) is 0 Å². The molecular weight excluding hydrogens is 486 g/mol. The Bertz CT molecular complexity index is 1700. The van der Waals surface area contributed by atoms with E-state index in [0.717, 1.165) is 30.4 Å². The molecule has 5 aromatic rings. The number of hydrogen-bond donors (Lipinski definition) is 2. The molecule has 0 fully saturated rings.